The van der Waals surface area contributed by atoms with Crippen LogP contribution in [0.1, 0.15) is 12.0 Å². The van der Waals surface area contributed by atoms with E-state index in [9.17, 15) is 4.79 Å². The number of carbonyl (C=O) groups is 1. The number of pyridine rings is 1. The Labute approximate surface area is 118 Å². The quantitative estimate of drug-likeness (QED) is 0.797. The number of aromatic nitrogens is 1. The number of carbonyl (C=O) groups excluding carboxylic acids is 1. The molecule has 0 spiro atoms. The second-order valence-corrected chi connectivity index (χ2v) is 5.32. The van der Waals surface area contributed by atoms with Crippen molar-refractivity contribution in [2.75, 3.05) is 13.1 Å². The lowest BCUT2D eigenvalue weighted by molar-refractivity contribution is -0.127. The highest BCUT2D eigenvalue weighted by Crippen LogP contribution is 2.19. The minimum Gasteiger partial charge on any atom is -0.342 e. The Kier molecular flexibility index (Phi) is 3.50. The summed E-state index contributed by atoms with van der Waals surface area (Å²) >= 11 is 0. The fraction of sp³-hybridized carbons (Fsp3) is 0.294. The lowest BCUT2D eigenvalue weighted by Crippen LogP contribution is -2.27. The molecule has 1 fully saturated rings. The Morgan fingerprint density at radius 2 is 2.30 bits per heavy atom. The zero-order valence-corrected chi connectivity index (χ0v) is 11.5. The van der Waals surface area contributed by atoms with Crippen LogP contribution in [-0.4, -0.2) is 28.9 Å². The Morgan fingerprint density at radius 3 is 3.10 bits per heavy atom. The van der Waals surface area contributed by atoms with Crippen molar-refractivity contribution in [1.82, 2.24) is 9.88 Å². The average molecular weight is 266 g/mol. The summed E-state index contributed by atoms with van der Waals surface area (Å²) in [5.41, 5.74) is 2.26. The predicted molar refractivity (Wildman–Crippen MR) is 80.3 cm³/mol. The van der Waals surface area contributed by atoms with Gasteiger partial charge in [0, 0.05) is 37.0 Å². The molecule has 3 rings (SSSR count). The molecule has 1 unspecified atom stereocenters. The molecular formula is C17H18N2O. The monoisotopic (exact) mass is 266 g/mol. The summed E-state index contributed by atoms with van der Waals surface area (Å²) in [5, 5.41) is 1.15. The third-order valence-electron chi connectivity index (χ3n) is 3.92. The second-order valence-electron chi connectivity index (χ2n) is 5.32. The van der Waals surface area contributed by atoms with Crippen LogP contribution in [0.3, 0.4) is 0 Å². The molecule has 3 heteroatoms. The molecule has 102 valence electrons. The van der Waals surface area contributed by atoms with E-state index in [4.69, 9.17) is 0 Å². The van der Waals surface area contributed by atoms with E-state index in [1.54, 1.807) is 6.20 Å². The van der Waals surface area contributed by atoms with Gasteiger partial charge < -0.3 is 4.90 Å². The number of hydrogen-bond acceptors (Lipinski definition) is 2. The van der Waals surface area contributed by atoms with Crippen molar-refractivity contribution >= 4 is 16.8 Å². The number of fused-ring (bicyclic) bond motifs is 1. The van der Waals surface area contributed by atoms with Crippen LogP contribution in [0, 0.1) is 5.92 Å². The SMILES string of the molecule is C=CC1CC(=O)N(CCc2ccc3ncccc3c2)C1. The molecule has 1 aliphatic heterocycles. The molecule has 1 atom stereocenters. The molecule has 1 aromatic heterocycles. The predicted octanol–water partition coefficient (Wildman–Crippen LogP) is 2.81. The van der Waals surface area contributed by atoms with Crippen molar-refractivity contribution in [2.45, 2.75) is 12.8 Å². The molecule has 2 aromatic rings. The molecule has 1 aromatic carbocycles. The lowest BCUT2D eigenvalue weighted by Gasteiger charge is -2.16. The third-order valence-corrected chi connectivity index (χ3v) is 3.92. The summed E-state index contributed by atoms with van der Waals surface area (Å²) in [7, 11) is 0. The number of likely N-dealkylation sites (tertiary alicyclic amines) is 1. The molecule has 1 amide bonds. The zero-order valence-electron chi connectivity index (χ0n) is 11.5. The van der Waals surface area contributed by atoms with Gasteiger partial charge in [0.05, 0.1) is 5.52 Å². The highest BCUT2D eigenvalue weighted by Gasteiger charge is 2.26. The highest BCUT2D eigenvalue weighted by molar-refractivity contribution is 5.80. The van der Waals surface area contributed by atoms with Crippen molar-refractivity contribution in [3.63, 3.8) is 0 Å². The smallest absolute Gasteiger partial charge is 0.223 e. The molecular weight excluding hydrogens is 248 g/mol. The van der Waals surface area contributed by atoms with Gasteiger partial charge in [0.2, 0.25) is 5.91 Å². The van der Waals surface area contributed by atoms with Gasteiger partial charge in [-0.3, -0.25) is 9.78 Å². The fourth-order valence-corrected chi connectivity index (χ4v) is 2.72. The first-order valence-electron chi connectivity index (χ1n) is 7.00. The average Bonchev–Trinajstić information content (AvgIpc) is 2.85. The van der Waals surface area contributed by atoms with E-state index in [0.29, 0.717) is 12.3 Å². The Balaban J connectivity index is 1.68. The van der Waals surface area contributed by atoms with Crippen LogP contribution >= 0.6 is 0 Å². The van der Waals surface area contributed by atoms with Gasteiger partial charge in [-0.15, -0.1) is 6.58 Å². The van der Waals surface area contributed by atoms with Crippen LogP contribution < -0.4 is 0 Å². The number of rotatable bonds is 4. The molecule has 0 bridgehead atoms. The highest BCUT2D eigenvalue weighted by atomic mass is 16.2. The van der Waals surface area contributed by atoms with Crippen molar-refractivity contribution in [1.29, 1.82) is 0 Å². The van der Waals surface area contributed by atoms with Crippen LogP contribution in [0.2, 0.25) is 0 Å². The number of benzene rings is 1. The van der Waals surface area contributed by atoms with E-state index in [2.05, 4.69) is 29.8 Å². The van der Waals surface area contributed by atoms with E-state index >= 15 is 0 Å². The standard InChI is InChI=1S/C17H18N2O/c1-2-13-11-17(20)19(12-13)9-7-14-5-6-16-15(10-14)4-3-8-18-16/h2-6,8,10,13H,1,7,9,11-12H2. The number of amides is 1. The molecule has 0 radical (unpaired) electrons. The molecule has 0 saturated carbocycles. The first-order valence-corrected chi connectivity index (χ1v) is 7.00. The van der Waals surface area contributed by atoms with Gasteiger partial charge in [0.25, 0.3) is 0 Å². The van der Waals surface area contributed by atoms with Crippen LogP contribution in [0.25, 0.3) is 10.9 Å². The van der Waals surface area contributed by atoms with Crippen molar-refractivity contribution in [3.05, 3.63) is 54.7 Å². The van der Waals surface area contributed by atoms with Crippen molar-refractivity contribution in [3.8, 4) is 0 Å². The largest absolute Gasteiger partial charge is 0.342 e. The summed E-state index contributed by atoms with van der Waals surface area (Å²) in [4.78, 5) is 18.1. The zero-order chi connectivity index (χ0) is 13.9. The first kappa shape index (κ1) is 12.9. The van der Waals surface area contributed by atoms with E-state index in [1.165, 1.54) is 5.56 Å². The number of nitrogens with zero attached hydrogens (tertiary/aromatic N) is 2. The van der Waals surface area contributed by atoms with Gasteiger partial charge in [-0.25, -0.2) is 0 Å². The van der Waals surface area contributed by atoms with E-state index in [1.807, 2.05) is 23.1 Å². The topological polar surface area (TPSA) is 33.2 Å². The molecule has 2 heterocycles. The van der Waals surface area contributed by atoms with Gasteiger partial charge in [-0.2, -0.15) is 0 Å². The Hall–Kier alpha value is -2.16. The maximum Gasteiger partial charge on any atom is 0.223 e. The summed E-state index contributed by atoms with van der Waals surface area (Å²) in [6.45, 7) is 5.38. The lowest BCUT2D eigenvalue weighted by atomic mass is 10.1. The number of hydrogen-bond donors (Lipinski definition) is 0. The summed E-state index contributed by atoms with van der Waals surface area (Å²) in [6.07, 6.45) is 5.20. The van der Waals surface area contributed by atoms with Gasteiger partial charge in [-0.05, 0) is 30.2 Å². The van der Waals surface area contributed by atoms with Crippen LogP contribution in [0.5, 0.6) is 0 Å². The Bertz CT molecular complexity index is 650. The van der Waals surface area contributed by atoms with E-state index in [0.717, 1.165) is 30.4 Å². The first-order chi connectivity index (χ1) is 9.76. The molecule has 0 N–H and O–H groups in total. The molecule has 3 nitrogen and oxygen atoms in total. The Morgan fingerprint density at radius 1 is 1.40 bits per heavy atom. The molecule has 20 heavy (non-hydrogen) atoms. The van der Waals surface area contributed by atoms with E-state index < -0.39 is 0 Å². The maximum absolute atomic E-state index is 11.8. The summed E-state index contributed by atoms with van der Waals surface area (Å²) in [5.74, 6) is 0.570. The minimum atomic E-state index is 0.248. The minimum absolute atomic E-state index is 0.248. The summed E-state index contributed by atoms with van der Waals surface area (Å²) in [6, 6.07) is 10.3. The van der Waals surface area contributed by atoms with Crippen molar-refractivity contribution in [2.24, 2.45) is 5.92 Å². The maximum atomic E-state index is 11.8. The van der Waals surface area contributed by atoms with Gasteiger partial charge in [0.1, 0.15) is 0 Å². The molecule has 1 aliphatic rings. The van der Waals surface area contributed by atoms with Gasteiger partial charge >= 0.3 is 0 Å². The summed E-state index contributed by atoms with van der Waals surface area (Å²) < 4.78 is 0. The van der Waals surface area contributed by atoms with Crippen LogP contribution in [0.4, 0.5) is 0 Å². The normalized spacial score (nSPS) is 18.7. The van der Waals surface area contributed by atoms with Crippen LogP contribution in [-0.2, 0) is 11.2 Å². The third kappa shape index (κ3) is 2.57. The fourth-order valence-electron chi connectivity index (χ4n) is 2.72. The second kappa shape index (κ2) is 5.45. The molecule has 1 saturated heterocycles. The molecule has 0 aliphatic carbocycles. The van der Waals surface area contributed by atoms with Crippen LogP contribution in [0.15, 0.2) is 49.2 Å². The van der Waals surface area contributed by atoms with E-state index in [-0.39, 0.29) is 5.91 Å². The van der Waals surface area contributed by atoms with Crippen molar-refractivity contribution < 1.29 is 4.79 Å². The van der Waals surface area contributed by atoms with Gasteiger partial charge in [0.15, 0.2) is 0 Å². The van der Waals surface area contributed by atoms with Gasteiger partial charge in [-0.1, -0.05) is 18.2 Å².